The highest BCUT2D eigenvalue weighted by Crippen LogP contribution is 2.36. The fraction of sp³-hybridized carbons (Fsp3) is 0.476. The molecule has 1 aromatic carbocycles. The summed E-state index contributed by atoms with van der Waals surface area (Å²) >= 11 is 2.06. The minimum Gasteiger partial charge on any atom is -0.497 e. The Hall–Kier alpha value is -2.01. The Balaban J connectivity index is 1.58. The van der Waals surface area contributed by atoms with Gasteiger partial charge in [-0.3, -0.25) is 14.2 Å². The van der Waals surface area contributed by atoms with Crippen molar-refractivity contribution in [3.8, 4) is 5.75 Å². The Labute approximate surface area is 187 Å². The predicted molar refractivity (Wildman–Crippen MR) is 117 cm³/mol. The zero-order valence-corrected chi connectivity index (χ0v) is 18.8. The summed E-state index contributed by atoms with van der Waals surface area (Å²) in [5, 5.41) is 0. The summed E-state index contributed by atoms with van der Waals surface area (Å²) < 4.78 is 27.5. The highest BCUT2D eigenvalue weighted by atomic mass is 127. The van der Waals surface area contributed by atoms with Gasteiger partial charge in [-0.1, -0.05) is 0 Å². The molecule has 2 fully saturated rings. The van der Waals surface area contributed by atoms with E-state index in [9.17, 15) is 14.0 Å². The highest BCUT2D eigenvalue weighted by Gasteiger charge is 2.36. The molecule has 2 aliphatic heterocycles. The Morgan fingerprint density at radius 2 is 2.07 bits per heavy atom. The van der Waals surface area contributed by atoms with Gasteiger partial charge in [0.05, 0.1) is 19.6 Å². The molecule has 9 heteroatoms. The first-order valence-corrected chi connectivity index (χ1v) is 11.0. The Morgan fingerprint density at radius 3 is 2.77 bits per heavy atom. The van der Waals surface area contributed by atoms with Gasteiger partial charge in [0.1, 0.15) is 17.3 Å². The van der Waals surface area contributed by atoms with Gasteiger partial charge in [0.25, 0.3) is 5.56 Å². The smallest absolute Gasteiger partial charge is 0.277 e. The monoisotopic (exact) mass is 527 g/mol. The molecule has 0 aliphatic carbocycles. The van der Waals surface area contributed by atoms with Crippen molar-refractivity contribution in [2.24, 2.45) is 5.92 Å². The van der Waals surface area contributed by atoms with Crippen molar-refractivity contribution in [2.75, 3.05) is 31.8 Å². The number of carbonyl (C=O) groups excluding carboxylic acids is 1. The number of hydrogen-bond acceptors (Lipinski definition) is 5. The summed E-state index contributed by atoms with van der Waals surface area (Å²) in [6.07, 6.45) is 4.89. The molecular formula is C21H23FIN3O4. The van der Waals surface area contributed by atoms with Crippen LogP contribution in [0, 0.1) is 15.3 Å². The van der Waals surface area contributed by atoms with Crippen LogP contribution in [0.4, 0.5) is 10.1 Å². The average molecular weight is 527 g/mol. The van der Waals surface area contributed by atoms with E-state index in [1.807, 2.05) is 0 Å². The number of carbonyl (C=O) groups is 1. The topological polar surface area (TPSA) is 73.7 Å². The second-order valence-corrected chi connectivity index (χ2v) is 8.86. The first-order valence-electron chi connectivity index (χ1n) is 9.93. The zero-order chi connectivity index (χ0) is 21.3. The molecule has 0 spiro atoms. The van der Waals surface area contributed by atoms with Crippen molar-refractivity contribution < 1.29 is 18.7 Å². The van der Waals surface area contributed by atoms with Crippen LogP contribution >= 0.6 is 22.6 Å². The number of aromatic nitrogens is 2. The zero-order valence-electron chi connectivity index (χ0n) is 16.6. The molecule has 160 valence electrons. The van der Waals surface area contributed by atoms with Crippen LogP contribution in [0.25, 0.3) is 0 Å². The van der Waals surface area contributed by atoms with E-state index in [1.54, 1.807) is 10.6 Å². The van der Waals surface area contributed by atoms with Gasteiger partial charge in [-0.25, -0.2) is 9.37 Å². The average Bonchev–Trinajstić information content (AvgIpc) is 3.10. The van der Waals surface area contributed by atoms with Gasteiger partial charge in [0, 0.05) is 53.8 Å². The van der Waals surface area contributed by atoms with E-state index in [2.05, 4.69) is 27.6 Å². The van der Waals surface area contributed by atoms with Crippen LogP contribution in [-0.2, 0) is 16.1 Å². The molecule has 0 saturated carbocycles. The molecule has 0 unspecified atom stereocenters. The largest absolute Gasteiger partial charge is 0.497 e. The van der Waals surface area contributed by atoms with Gasteiger partial charge < -0.3 is 14.4 Å². The summed E-state index contributed by atoms with van der Waals surface area (Å²) in [7, 11) is 1.49. The number of rotatable bonds is 5. The van der Waals surface area contributed by atoms with Crippen molar-refractivity contribution in [2.45, 2.75) is 31.7 Å². The van der Waals surface area contributed by atoms with Crippen molar-refractivity contribution in [1.82, 2.24) is 9.55 Å². The second-order valence-electron chi connectivity index (χ2n) is 7.70. The van der Waals surface area contributed by atoms with Gasteiger partial charge in [-0.15, -0.1) is 0 Å². The SMILES string of the molecule is COc1cc(F)c([C@H]2CC(=O)N(c3cncn(CC4CCOCC4)c3=O)C2)c(I)c1. The number of nitrogens with zero attached hydrogens (tertiary/aromatic N) is 3. The van der Waals surface area contributed by atoms with Crippen LogP contribution in [0.1, 0.15) is 30.7 Å². The molecule has 0 N–H and O–H groups in total. The van der Waals surface area contributed by atoms with Crippen LogP contribution < -0.4 is 15.2 Å². The van der Waals surface area contributed by atoms with Crippen LogP contribution in [0.5, 0.6) is 5.75 Å². The van der Waals surface area contributed by atoms with E-state index < -0.39 is 5.82 Å². The van der Waals surface area contributed by atoms with Crippen LogP contribution in [0.3, 0.4) is 0 Å². The van der Waals surface area contributed by atoms with Gasteiger partial charge in [0.15, 0.2) is 0 Å². The minimum absolute atomic E-state index is 0.146. The first-order chi connectivity index (χ1) is 14.5. The molecule has 0 radical (unpaired) electrons. The fourth-order valence-corrected chi connectivity index (χ4v) is 5.17. The number of hydrogen-bond donors (Lipinski definition) is 0. The lowest BCUT2D eigenvalue weighted by Crippen LogP contribution is -2.35. The van der Waals surface area contributed by atoms with Crippen LogP contribution in [0.15, 0.2) is 29.5 Å². The van der Waals surface area contributed by atoms with Crippen molar-refractivity contribution in [3.63, 3.8) is 0 Å². The van der Waals surface area contributed by atoms with Crippen molar-refractivity contribution in [1.29, 1.82) is 0 Å². The predicted octanol–water partition coefficient (Wildman–Crippen LogP) is 2.94. The molecule has 2 saturated heterocycles. The maximum atomic E-state index is 14.7. The van der Waals surface area contributed by atoms with E-state index in [0.29, 0.717) is 40.6 Å². The summed E-state index contributed by atoms with van der Waals surface area (Å²) in [6.45, 7) is 2.20. The van der Waals surface area contributed by atoms with Gasteiger partial charge in [-0.05, 0) is 47.4 Å². The molecule has 3 heterocycles. The maximum Gasteiger partial charge on any atom is 0.277 e. The maximum absolute atomic E-state index is 14.7. The Kier molecular flexibility index (Phi) is 6.37. The lowest BCUT2D eigenvalue weighted by Gasteiger charge is -2.23. The molecule has 1 atom stereocenters. The van der Waals surface area contributed by atoms with Crippen molar-refractivity contribution >= 4 is 34.2 Å². The third-order valence-electron chi connectivity index (χ3n) is 5.79. The number of anilines is 1. The van der Waals surface area contributed by atoms with Gasteiger partial charge in [0.2, 0.25) is 5.91 Å². The molecule has 4 rings (SSSR count). The minimum atomic E-state index is -0.401. The normalized spacial score (nSPS) is 20.0. The molecule has 2 aliphatic rings. The molecule has 30 heavy (non-hydrogen) atoms. The summed E-state index contributed by atoms with van der Waals surface area (Å²) in [4.78, 5) is 31.4. The lowest BCUT2D eigenvalue weighted by molar-refractivity contribution is -0.117. The van der Waals surface area contributed by atoms with Crippen molar-refractivity contribution in [3.05, 3.63) is 50.0 Å². The molecule has 7 nitrogen and oxygen atoms in total. The van der Waals surface area contributed by atoms with Gasteiger partial charge >= 0.3 is 0 Å². The molecule has 1 aromatic heterocycles. The van der Waals surface area contributed by atoms with E-state index >= 15 is 0 Å². The fourth-order valence-electron chi connectivity index (χ4n) is 4.16. The van der Waals surface area contributed by atoms with E-state index in [4.69, 9.17) is 9.47 Å². The van der Waals surface area contributed by atoms with E-state index in [1.165, 1.54) is 30.6 Å². The Morgan fingerprint density at radius 1 is 1.30 bits per heavy atom. The lowest BCUT2D eigenvalue weighted by atomic mass is 9.97. The number of ether oxygens (including phenoxy) is 2. The number of halogens is 2. The highest BCUT2D eigenvalue weighted by molar-refractivity contribution is 14.1. The van der Waals surface area contributed by atoms with E-state index in [-0.39, 0.29) is 36.0 Å². The molecule has 2 aromatic rings. The second kappa shape index (κ2) is 9.01. The first kappa shape index (κ1) is 21.2. The number of benzene rings is 1. The number of methoxy groups -OCH3 is 1. The molecule has 0 bridgehead atoms. The standard InChI is InChI=1S/C21H23FIN3O4/c1-29-15-7-16(22)20(17(23)8-15)14-6-19(27)26(11-14)18-9-24-12-25(21(18)28)10-13-2-4-30-5-3-13/h7-9,12-14H,2-6,10-11H2,1H3/t14-/m0/s1. The molecular weight excluding hydrogens is 504 g/mol. The number of amides is 1. The third-order valence-corrected chi connectivity index (χ3v) is 6.68. The van der Waals surface area contributed by atoms with Crippen LogP contribution in [-0.4, -0.2) is 42.3 Å². The van der Waals surface area contributed by atoms with Gasteiger partial charge in [-0.2, -0.15) is 0 Å². The summed E-state index contributed by atoms with van der Waals surface area (Å²) in [6, 6.07) is 3.08. The summed E-state index contributed by atoms with van der Waals surface area (Å²) in [5.74, 6) is -0.148. The quantitative estimate of drug-likeness (QED) is 0.560. The molecule has 1 amide bonds. The van der Waals surface area contributed by atoms with Crippen LogP contribution in [0.2, 0.25) is 0 Å². The van der Waals surface area contributed by atoms with E-state index in [0.717, 1.165) is 12.8 Å². The third kappa shape index (κ3) is 4.22. The Bertz CT molecular complexity index is 983. The summed E-state index contributed by atoms with van der Waals surface area (Å²) in [5.41, 5.74) is 0.495.